The Balaban J connectivity index is 1.30. The van der Waals surface area contributed by atoms with Gasteiger partial charge in [0, 0.05) is 36.5 Å². The van der Waals surface area contributed by atoms with E-state index in [1.807, 2.05) is 60.4 Å². The molecule has 3 heterocycles. The smallest absolute Gasteiger partial charge is 0.260 e. The minimum Gasteiger partial charge on any atom is -0.484 e. The highest BCUT2D eigenvalue weighted by Crippen LogP contribution is 2.28. The van der Waals surface area contributed by atoms with Crippen LogP contribution in [-0.2, 0) is 4.79 Å². The molecule has 1 aliphatic heterocycles. The molecule has 1 amide bonds. The number of pyridine rings is 1. The summed E-state index contributed by atoms with van der Waals surface area (Å²) in [5.74, 6) is 2.63. The number of rotatable bonds is 6. The van der Waals surface area contributed by atoms with Gasteiger partial charge in [0.25, 0.3) is 5.91 Å². The van der Waals surface area contributed by atoms with E-state index in [2.05, 4.69) is 21.6 Å². The summed E-state index contributed by atoms with van der Waals surface area (Å²) in [6, 6.07) is 17.4. The van der Waals surface area contributed by atoms with Crippen LogP contribution in [0.1, 0.15) is 30.1 Å². The summed E-state index contributed by atoms with van der Waals surface area (Å²) >= 11 is 0. The summed E-state index contributed by atoms with van der Waals surface area (Å²) in [7, 11) is 0. The summed E-state index contributed by atoms with van der Waals surface area (Å²) in [6.07, 6.45) is 1.80. The maximum atomic E-state index is 12.4. The van der Waals surface area contributed by atoms with Gasteiger partial charge in [-0.2, -0.15) is 5.10 Å². The molecule has 150 valence electrons. The Morgan fingerprint density at radius 1 is 1.14 bits per heavy atom. The first-order chi connectivity index (χ1) is 14.2. The molecule has 3 aromatic rings. The molecule has 1 saturated heterocycles. The maximum Gasteiger partial charge on any atom is 0.260 e. The highest BCUT2D eigenvalue weighted by molar-refractivity contribution is 5.77. The summed E-state index contributed by atoms with van der Waals surface area (Å²) in [4.78, 5) is 19.1. The summed E-state index contributed by atoms with van der Waals surface area (Å²) in [5, 5.41) is 10.3. The number of nitrogens with zero attached hydrogens (tertiary/aromatic N) is 3. The van der Waals surface area contributed by atoms with Crippen molar-refractivity contribution in [3.05, 3.63) is 66.0 Å². The first-order valence-electron chi connectivity index (χ1n) is 9.89. The van der Waals surface area contributed by atoms with Crippen molar-refractivity contribution in [2.45, 2.75) is 25.7 Å². The fraction of sp³-hybridized carbons (Fsp3) is 0.318. The Kier molecular flexibility index (Phi) is 5.74. The molecule has 7 nitrogen and oxygen atoms in total. The van der Waals surface area contributed by atoms with Gasteiger partial charge in [0.05, 0.1) is 0 Å². The Morgan fingerprint density at radius 2 is 1.93 bits per heavy atom. The third-order valence-corrected chi connectivity index (χ3v) is 5.10. The van der Waals surface area contributed by atoms with Crippen molar-refractivity contribution in [3.8, 4) is 5.75 Å². The van der Waals surface area contributed by atoms with E-state index in [0.717, 1.165) is 54.7 Å². The van der Waals surface area contributed by atoms with Crippen molar-refractivity contribution in [1.82, 2.24) is 20.1 Å². The largest absolute Gasteiger partial charge is 0.484 e. The second-order valence-electron chi connectivity index (χ2n) is 7.27. The van der Waals surface area contributed by atoms with Crippen molar-refractivity contribution in [1.29, 1.82) is 0 Å². The lowest BCUT2D eigenvalue weighted by Gasteiger charge is -2.31. The van der Waals surface area contributed by atoms with Crippen LogP contribution in [0, 0.1) is 6.92 Å². The van der Waals surface area contributed by atoms with Crippen LogP contribution in [0.3, 0.4) is 0 Å². The number of aromatic amines is 1. The van der Waals surface area contributed by atoms with Crippen LogP contribution in [0.15, 0.2) is 54.6 Å². The van der Waals surface area contributed by atoms with Gasteiger partial charge in [0.1, 0.15) is 11.6 Å². The van der Waals surface area contributed by atoms with Gasteiger partial charge in [0.2, 0.25) is 0 Å². The molecule has 2 aromatic heterocycles. The first-order valence-corrected chi connectivity index (χ1v) is 9.89. The lowest BCUT2D eigenvalue weighted by atomic mass is 9.93. The molecule has 0 atom stereocenters. The number of nitrogens with one attached hydrogen (secondary N) is 2. The number of ether oxygens (including phenoxy) is 1. The highest BCUT2D eigenvalue weighted by Gasteiger charge is 2.25. The van der Waals surface area contributed by atoms with Gasteiger partial charge in [-0.15, -0.1) is 0 Å². The van der Waals surface area contributed by atoms with E-state index >= 15 is 0 Å². The zero-order chi connectivity index (χ0) is 20.1. The predicted octanol–water partition coefficient (Wildman–Crippen LogP) is 3.64. The molecule has 4 rings (SSSR count). The molecule has 7 heteroatoms. The molecule has 0 bridgehead atoms. The second-order valence-corrected chi connectivity index (χ2v) is 7.27. The lowest BCUT2D eigenvalue weighted by molar-refractivity contribution is -0.134. The van der Waals surface area contributed by atoms with E-state index < -0.39 is 0 Å². The van der Waals surface area contributed by atoms with Gasteiger partial charge in [-0.25, -0.2) is 4.98 Å². The topological polar surface area (TPSA) is 83.1 Å². The number of hydrogen-bond acceptors (Lipinski definition) is 5. The molecule has 1 fully saturated rings. The number of H-pyrrole nitrogens is 1. The maximum absolute atomic E-state index is 12.4. The zero-order valence-electron chi connectivity index (χ0n) is 16.5. The lowest BCUT2D eigenvalue weighted by Crippen LogP contribution is -2.40. The molecule has 0 spiro atoms. The number of anilines is 2. The van der Waals surface area contributed by atoms with E-state index in [-0.39, 0.29) is 12.5 Å². The van der Waals surface area contributed by atoms with Crippen LogP contribution < -0.4 is 10.1 Å². The number of hydrogen-bond donors (Lipinski definition) is 2. The molecule has 29 heavy (non-hydrogen) atoms. The molecule has 0 saturated carbocycles. The van der Waals surface area contributed by atoms with Crippen LogP contribution in [0.5, 0.6) is 5.75 Å². The molecular weight excluding hydrogens is 366 g/mol. The average Bonchev–Trinajstić information content (AvgIpc) is 3.17. The molecule has 2 N–H and O–H groups in total. The van der Waals surface area contributed by atoms with Gasteiger partial charge in [-0.1, -0.05) is 24.3 Å². The minimum atomic E-state index is 0.0320. The molecule has 1 aromatic carbocycles. The number of benzene rings is 1. The average molecular weight is 391 g/mol. The van der Waals surface area contributed by atoms with E-state index in [1.165, 1.54) is 0 Å². The Hall–Kier alpha value is -3.35. The van der Waals surface area contributed by atoms with E-state index in [0.29, 0.717) is 5.92 Å². The van der Waals surface area contributed by atoms with E-state index in [9.17, 15) is 4.79 Å². The highest BCUT2D eigenvalue weighted by atomic mass is 16.5. The van der Waals surface area contributed by atoms with Gasteiger partial charge in [0.15, 0.2) is 12.4 Å². The monoisotopic (exact) mass is 391 g/mol. The summed E-state index contributed by atoms with van der Waals surface area (Å²) < 4.78 is 5.59. The fourth-order valence-electron chi connectivity index (χ4n) is 3.54. The number of piperidine rings is 1. The van der Waals surface area contributed by atoms with Crippen LogP contribution in [0.2, 0.25) is 0 Å². The number of aromatic nitrogens is 3. The van der Waals surface area contributed by atoms with Gasteiger partial charge < -0.3 is 15.0 Å². The molecule has 0 radical (unpaired) electrons. The van der Waals surface area contributed by atoms with Crippen molar-refractivity contribution >= 4 is 17.5 Å². The van der Waals surface area contributed by atoms with Gasteiger partial charge in [-0.05, 0) is 44.0 Å². The number of carbonyl (C=O) groups excluding carboxylic acids is 1. The summed E-state index contributed by atoms with van der Waals surface area (Å²) in [6.45, 7) is 3.48. The fourth-order valence-corrected chi connectivity index (χ4v) is 3.54. The van der Waals surface area contributed by atoms with E-state index in [4.69, 9.17) is 9.72 Å². The third-order valence-electron chi connectivity index (χ3n) is 5.10. The van der Waals surface area contributed by atoms with Crippen LogP contribution >= 0.6 is 0 Å². The molecular formula is C22H25N5O2. The zero-order valence-corrected chi connectivity index (χ0v) is 16.5. The Morgan fingerprint density at radius 3 is 2.66 bits per heavy atom. The predicted molar refractivity (Wildman–Crippen MR) is 111 cm³/mol. The number of likely N-dealkylation sites (tertiary alicyclic amines) is 1. The van der Waals surface area contributed by atoms with Gasteiger partial charge in [-0.3, -0.25) is 9.89 Å². The SMILES string of the molecule is Cc1cc(Nc2cccc(C3CCN(C(=O)COc4ccccc4)CC3)n2)n[nH]1. The first kappa shape index (κ1) is 19.0. The molecule has 0 aliphatic carbocycles. The van der Waals surface area contributed by atoms with Crippen LogP contribution in [0.4, 0.5) is 11.6 Å². The summed E-state index contributed by atoms with van der Waals surface area (Å²) in [5.41, 5.74) is 2.05. The van der Waals surface area contributed by atoms with Crippen molar-refractivity contribution < 1.29 is 9.53 Å². The normalized spacial score (nSPS) is 14.6. The number of carbonyl (C=O) groups is 1. The van der Waals surface area contributed by atoms with Crippen molar-refractivity contribution in [3.63, 3.8) is 0 Å². The second kappa shape index (κ2) is 8.77. The Labute approximate surface area is 170 Å². The molecule has 0 unspecified atom stereocenters. The van der Waals surface area contributed by atoms with Crippen molar-refractivity contribution in [2.75, 3.05) is 25.0 Å². The number of para-hydroxylation sites is 1. The standard InChI is InChI=1S/C22H25N5O2/c1-16-14-21(26-25-16)24-20-9-5-8-19(23-20)17-10-12-27(13-11-17)22(28)15-29-18-6-3-2-4-7-18/h2-9,14,17H,10-13,15H2,1H3,(H2,23,24,25,26). The van der Waals surface area contributed by atoms with E-state index in [1.54, 1.807) is 0 Å². The molecule has 1 aliphatic rings. The number of aryl methyl sites for hydroxylation is 1. The number of amides is 1. The van der Waals surface area contributed by atoms with Crippen LogP contribution in [-0.4, -0.2) is 45.7 Å². The third kappa shape index (κ3) is 4.93. The van der Waals surface area contributed by atoms with Gasteiger partial charge >= 0.3 is 0 Å². The van der Waals surface area contributed by atoms with Crippen LogP contribution in [0.25, 0.3) is 0 Å². The quantitative estimate of drug-likeness (QED) is 0.670. The Bertz CT molecular complexity index is 949. The minimum absolute atomic E-state index is 0.0320. The van der Waals surface area contributed by atoms with Crippen molar-refractivity contribution in [2.24, 2.45) is 0 Å².